The maximum atomic E-state index is 14.9. The molecule has 274 valence electrons. The Bertz CT molecular complexity index is 2120. The van der Waals surface area contributed by atoms with Crippen LogP contribution in [0, 0.1) is 5.92 Å². The number of anilines is 3. The molecule has 7 rings (SSSR count). The number of nitrogen functional groups attached to an aromatic ring is 1. The van der Waals surface area contributed by atoms with Gasteiger partial charge in [-0.3, -0.25) is 14.3 Å². The third-order valence-corrected chi connectivity index (χ3v) is 13.3. The molecule has 5 N–H and O–H groups in total. The molecule has 1 spiro atoms. The molecule has 5 atom stereocenters. The van der Waals surface area contributed by atoms with Gasteiger partial charge in [-0.05, 0) is 85.2 Å². The standard InChI is InChI=1S/C40H43ClN6O5Si/c1-25-37(53(2,3)51)36(18-19-46-23-34(44-45-46)32(24-48)27-9-5-4-6-10-27)52-40(25)33-21-29(41)14-17-35(33)47(39(40)50)22-26-8-7-11-31(20-26)43-38(49)28-12-15-30(42)16-13-28/h4-17,20-21,23,25,32,36-37,48,51H,18-19,22,24,42H2,1-3H3,(H,43,49)/t25-,32?,36+,37-,40+/m1/s1. The average molecular weight is 751 g/mol. The second-order valence-corrected chi connectivity index (χ2v) is 18.9. The van der Waals surface area contributed by atoms with Gasteiger partial charge in [0.25, 0.3) is 11.8 Å². The summed E-state index contributed by atoms with van der Waals surface area (Å²) in [5.74, 6) is -1.17. The highest BCUT2D eigenvalue weighted by atomic mass is 35.5. The highest BCUT2D eigenvalue weighted by Gasteiger charge is 2.66. The van der Waals surface area contributed by atoms with Gasteiger partial charge in [0.1, 0.15) is 0 Å². The molecule has 1 fully saturated rings. The maximum absolute atomic E-state index is 14.9. The van der Waals surface area contributed by atoms with Gasteiger partial charge in [-0.2, -0.15) is 0 Å². The highest BCUT2D eigenvalue weighted by Crippen LogP contribution is 2.60. The van der Waals surface area contributed by atoms with Crippen LogP contribution < -0.4 is 16.0 Å². The number of amides is 2. The number of aliphatic hydroxyl groups is 1. The van der Waals surface area contributed by atoms with Gasteiger partial charge in [0, 0.05) is 51.7 Å². The number of ether oxygens (including phenoxy) is 1. The van der Waals surface area contributed by atoms with Crippen LogP contribution in [0.15, 0.2) is 103 Å². The second kappa shape index (κ2) is 14.5. The van der Waals surface area contributed by atoms with Crippen molar-refractivity contribution in [1.29, 1.82) is 0 Å². The molecule has 1 aromatic heterocycles. The monoisotopic (exact) mass is 750 g/mol. The first-order valence-electron chi connectivity index (χ1n) is 17.7. The van der Waals surface area contributed by atoms with Crippen LogP contribution in [0.5, 0.6) is 0 Å². The molecule has 2 aliphatic rings. The first kappa shape index (κ1) is 36.5. The van der Waals surface area contributed by atoms with Gasteiger partial charge in [-0.1, -0.05) is 66.2 Å². The molecule has 1 unspecified atom stereocenters. The molecule has 13 heteroatoms. The molecule has 53 heavy (non-hydrogen) atoms. The lowest BCUT2D eigenvalue weighted by molar-refractivity contribution is -0.146. The fraction of sp³-hybridized carbons (Fsp3) is 0.300. The van der Waals surface area contributed by atoms with E-state index in [0.29, 0.717) is 51.9 Å². The van der Waals surface area contributed by atoms with Crippen LogP contribution >= 0.6 is 11.6 Å². The number of nitrogens with zero attached hydrogens (tertiary/aromatic N) is 4. The topological polar surface area (TPSA) is 156 Å². The summed E-state index contributed by atoms with van der Waals surface area (Å²) in [5.41, 5.74) is 9.54. The van der Waals surface area contributed by atoms with Crippen molar-refractivity contribution in [3.63, 3.8) is 0 Å². The van der Waals surface area contributed by atoms with Crippen LogP contribution in [-0.4, -0.2) is 57.7 Å². The maximum Gasteiger partial charge on any atom is 0.264 e. The normalized spacial score (nSPS) is 21.6. The molecule has 0 aliphatic carbocycles. The predicted molar refractivity (Wildman–Crippen MR) is 207 cm³/mol. The number of aryl methyl sites for hydroxylation is 1. The van der Waals surface area contributed by atoms with E-state index in [1.807, 2.05) is 86.9 Å². The molecular formula is C40H43ClN6O5Si. The van der Waals surface area contributed by atoms with Crippen LogP contribution in [0.3, 0.4) is 0 Å². The molecule has 4 aromatic carbocycles. The minimum atomic E-state index is -2.91. The van der Waals surface area contributed by atoms with E-state index in [4.69, 9.17) is 22.1 Å². The zero-order chi connectivity index (χ0) is 37.5. The summed E-state index contributed by atoms with van der Waals surface area (Å²) in [6.45, 7) is 6.33. The number of benzene rings is 4. The predicted octanol–water partition coefficient (Wildman–Crippen LogP) is 6.33. The summed E-state index contributed by atoms with van der Waals surface area (Å²) in [6.07, 6.45) is 1.85. The Labute approximate surface area is 314 Å². The van der Waals surface area contributed by atoms with Gasteiger partial charge < -0.3 is 30.6 Å². The Kier molecular flexibility index (Phi) is 10.0. The van der Waals surface area contributed by atoms with Crippen molar-refractivity contribution in [1.82, 2.24) is 15.0 Å². The van der Waals surface area contributed by atoms with Crippen molar-refractivity contribution in [3.05, 3.63) is 136 Å². The summed E-state index contributed by atoms with van der Waals surface area (Å²) in [4.78, 5) is 41.3. The minimum Gasteiger partial charge on any atom is -0.432 e. The zero-order valence-corrected chi connectivity index (χ0v) is 31.6. The van der Waals surface area contributed by atoms with Gasteiger partial charge >= 0.3 is 0 Å². The van der Waals surface area contributed by atoms with Gasteiger partial charge in [0.05, 0.1) is 36.6 Å². The summed E-state index contributed by atoms with van der Waals surface area (Å²) < 4.78 is 8.71. The van der Waals surface area contributed by atoms with Crippen LogP contribution in [0.4, 0.5) is 17.1 Å². The number of halogens is 1. The number of carbonyl (C=O) groups excluding carboxylic acids is 2. The van der Waals surface area contributed by atoms with Crippen LogP contribution in [0.1, 0.15) is 52.0 Å². The van der Waals surface area contributed by atoms with E-state index in [0.717, 1.165) is 11.1 Å². The lowest BCUT2D eigenvalue weighted by atomic mass is 9.82. The van der Waals surface area contributed by atoms with Crippen molar-refractivity contribution in [3.8, 4) is 0 Å². The molecule has 0 bridgehead atoms. The van der Waals surface area contributed by atoms with E-state index < -0.39 is 20.0 Å². The lowest BCUT2D eigenvalue weighted by Gasteiger charge is -2.32. The SMILES string of the molecule is C[C@@H]1[C@@H]([Si](C)(C)O)[C@H](CCn2cc(C(CO)c3ccccc3)nn2)O[C@@]12C(=O)N(Cc1cccc(NC(=O)c3ccc(N)cc3)c1)c1ccc(Cl)cc12. The van der Waals surface area contributed by atoms with Crippen molar-refractivity contribution >= 4 is 48.8 Å². The summed E-state index contributed by atoms with van der Waals surface area (Å²) >= 11 is 6.60. The number of aliphatic hydroxyl groups excluding tert-OH is 1. The van der Waals surface area contributed by atoms with Crippen molar-refractivity contribution < 1.29 is 24.2 Å². The number of nitrogens with one attached hydrogen (secondary N) is 1. The number of aromatic nitrogens is 3. The molecule has 3 heterocycles. The number of carbonyl (C=O) groups is 2. The largest absolute Gasteiger partial charge is 0.432 e. The Hall–Kier alpha value is -4.85. The van der Waals surface area contributed by atoms with Gasteiger partial charge in [-0.25, -0.2) is 0 Å². The number of hydrogen-bond acceptors (Lipinski definition) is 8. The minimum absolute atomic E-state index is 0.107. The fourth-order valence-corrected chi connectivity index (χ4v) is 10.9. The van der Waals surface area contributed by atoms with Gasteiger partial charge in [0.2, 0.25) is 0 Å². The Morgan fingerprint density at radius 1 is 1.06 bits per heavy atom. The molecule has 2 amide bonds. The van der Waals surface area contributed by atoms with Crippen molar-refractivity contribution in [2.75, 3.05) is 22.6 Å². The molecule has 1 saturated heterocycles. The third kappa shape index (κ3) is 7.00. The number of nitrogens with two attached hydrogens (primary N) is 1. The summed E-state index contributed by atoms with van der Waals surface area (Å²) in [6, 6.07) is 29.2. The second-order valence-electron chi connectivity index (χ2n) is 14.5. The van der Waals surface area contributed by atoms with Crippen LogP contribution in [0.2, 0.25) is 23.7 Å². The molecule has 2 aliphatic heterocycles. The van der Waals surface area contributed by atoms with E-state index in [2.05, 4.69) is 15.6 Å². The first-order valence-corrected chi connectivity index (χ1v) is 21.1. The van der Waals surface area contributed by atoms with Crippen molar-refractivity contribution in [2.24, 2.45) is 5.92 Å². The van der Waals surface area contributed by atoms with Gasteiger partial charge in [0.15, 0.2) is 13.9 Å². The van der Waals surface area contributed by atoms with E-state index in [-0.39, 0.29) is 42.3 Å². The Balaban J connectivity index is 1.14. The molecular weight excluding hydrogens is 708 g/mol. The van der Waals surface area contributed by atoms with Gasteiger partial charge in [-0.15, -0.1) is 5.10 Å². The first-order chi connectivity index (χ1) is 25.4. The van der Waals surface area contributed by atoms with Crippen LogP contribution in [-0.2, 0) is 28.2 Å². The highest BCUT2D eigenvalue weighted by molar-refractivity contribution is 6.71. The Morgan fingerprint density at radius 2 is 1.81 bits per heavy atom. The number of hydrogen-bond donors (Lipinski definition) is 4. The number of rotatable bonds is 11. The molecule has 0 radical (unpaired) electrons. The fourth-order valence-electron chi connectivity index (χ4n) is 8.14. The van der Waals surface area contributed by atoms with E-state index >= 15 is 0 Å². The third-order valence-electron chi connectivity index (χ3n) is 10.6. The van der Waals surface area contributed by atoms with E-state index in [1.165, 1.54) is 0 Å². The number of fused-ring (bicyclic) bond motifs is 2. The molecule has 0 saturated carbocycles. The van der Waals surface area contributed by atoms with Crippen LogP contribution in [0.25, 0.3) is 0 Å². The van der Waals surface area contributed by atoms with Crippen molar-refractivity contribution in [2.45, 2.75) is 62.7 Å². The average Bonchev–Trinajstić information content (AvgIpc) is 3.79. The quantitative estimate of drug-likeness (QED) is 0.0903. The smallest absolute Gasteiger partial charge is 0.264 e. The molecule has 11 nitrogen and oxygen atoms in total. The lowest BCUT2D eigenvalue weighted by Crippen LogP contribution is -2.46. The zero-order valence-electron chi connectivity index (χ0n) is 29.8. The Morgan fingerprint density at radius 3 is 2.53 bits per heavy atom. The summed E-state index contributed by atoms with van der Waals surface area (Å²) in [5, 5.41) is 22.3. The molecule has 5 aromatic rings. The van der Waals surface area contributed by atoms with E-state index in [1.54, 1.807) is 46.0 Å². The summed E-state index contributed by atoms with van der Waals surface area (Å²) in [7, 11) is -2.91. The van der Waals surface area contributed by atoms with E-state index in [9.17, 15) is 19.5 Å².